The zero-order valence-corrected chi connectivity index (χ0v) is 21.4. The van der Waals surface area contributed by atoms with Gasteiger partial charge in [-0.1, -0.05) is 30.0 Å². The molecule has 0 radical (unpaired) electrons. The second-order valence-corrected chi connectivity index (χ2v) is 11.1. The van der Waals surface area contributed by atoms with Crippen LogP contribution in [0, 0.1) is 5.92 Å². The highest BCUT2D eigenvalue weighted by Crippen LogP contribution is 2.33. The Kier molecular flexibility index (Phi) is 8.25. The van der Waals surface area contributed by atoms with Crippen LogP contribution < -0.4 is 4.74 Å². The van der Waals surface area contributed by atoms with Crippen LogP contribution in [-0.2, 0) is 0 Å². The maximum atomic E-state index is 5.53. The van der Waals surface area contributed by atoms with Crippen LogP contribution in [0.25, 0.3) is 5.69 Å². The molecule has 6 nitrogen and oxygen atoms in total. The fourth-order valence-electron chi connectivity index (χ4n) is 5.66. The highest BCUT2D eigenvalue weighted by atomic mass is 32.2. The number of hydrogen-bond acceptors (Lipinski definition) is 6. The second-order valence-electron chi connectivity index (χ2n) is 10.0. The minimum atomic E-state index is 0.453. The highest BCUT2D eigenvalue weighted by molar-refractivity contribution is 7.99. The molecular weight excluding hydrogens is 442 g/mol. The lowest BCUT2D eigenvalue weighted by Gasteiger charge is -2.34. The third kappa shape index (κ3) is 5.86. The van der Waals surface area contributed by atoms with Crippen molar-refractivity contribution in [2.75, 3.05) is 52.1 Å². The molecule has 184 valence electrons. The summed E-state index contributed by atoms with van der Waals surface area (Å²) in [6.45, 7) is 7.17. The molecule has 0 spiro atoms. The maximum Gasteiger partial charge on any atom is 0.195 e. The topological polar surface area (TPSA) is 46.4 Å². The third-order valence-electron chi connectivity index (χ3n) is 7.65. The molecule has 1 aromatic heterocycles. The lowest BCUT2D eigenvalue weighted by molar-refractivity contribution is 0.175. The Bertz CT molecular complexity index is 946. The summed E-state index contributed by atoms with van der Waals surface area (Å²) in [5.74, 6) is 4.34. The van der Waals surface area contributed by atoms with Gasteiger partial charge in [-0.2, -0.15) is 0 Å². The lowest BCUT2D eigenvalue weighted by atomic mass is 9.91. The second kappa shape index (κ2) is 11.7. The van der Waals surface area contributed by atoms with Crippen LogP contribution in [0.3, 0.4) is 0 Å². The van der Waals surface area contributed by atoms with Gasteiger partial charge in [0.2, 0.25) is 0 Å². The molecule has 0 N–H and O–H groups in total. The molecule has 34 heavy (non-hydrogen) atoms. The zero-order valence-electron chi connectivity index (χ0n) is 20.6. The smallest absolute Gasteiger partial charge is 0.195 e. The summed E-state index contributed by atoms with van der Waals surface area (Å²) in [7, 11) is 1.73. The first kappa shape index (κ1) is 23.9. The Labute approximate surface area is 208 Å². The van der Waals surface area contributed by atoms with E-state index < -0.39 is 0 Å². The highest BCUT2D eigenvalue weighted by Gasteiger charge is 2.28. The van der Waals surface area contributed by atoms with Gasteiger partial charge in [0.15, 0.2) is 5.16 Å². The summed E-state index contributed by atoms with van der Waals surface area (Å²) in [6, 6.07) is 8.35. The number of hydrogen-bond donors (Lipinski definition) is 0. The molecule has 1 atom stereocenters. The Morgan fingerprint density at radius 1 is 1.00 bits per heavy atom. The van der Waals surface area contributed by atoms with Gasteiger partial charge < -0.3 is 14.5 Å². The number of allylic oxidation sites excluding steroid dienone is 2. The van der Waals surface area contributed by atoms with Crippen molar-refractivity contribution in [2.45, 2.75) is 56.0 Å². The predicted molar refractivity (Wildman–Crippen MR) is 139 cm³/mol. The average molecular weight is 482 g/mol. The number of benzene rings is 1. The van der Waals surface area contributed by atoms with Gasteiger partial charge >= 0.3 is 0 Å². The average Bonchev–Trinajstić information content (AvgIpc) is 3.56. The van der Waals surface area contributed by atoms with Crippen molar-refractivity contribution in [1.82, 2.24) is 24.6 Å². The standard InChI is InChI=1S/C27H39N5OS/c1-33-25-11-7-10-24(20-25)32-26(28-29-27(32)34-19-18-30-14-5-6-15-30)23-12-16-31(17-13-23)21-22-8-3-2-4-9-22/h2-3,7,10-11,20,22-23H,4-6,8-9,12-19,21H2,1H3/t22-/m1/s1. The van der Waals surface area contributed by atoms with Crippen LogP contribution in [0.1, 0.15) is 56.7 Å². The number of methoxy groups -OCH3 is 1. The molecule has 2 aliphatic heterocycles. The molecule has 0 amide bonds. The van der Waals surface area contributed by atoms with E-state index in [0.717, 1.165) is 66.6 Å². The summed E-state index contributed by atoms with van der Waals surface area (Å²) in [5, 5.41) is 10.5. The van der Waals surface area contributed by atoms with Crippen molar-refractivity contribution in [3.63, 3.8) is 0 Å². The van der Waals surface area contributed by atoms with E-state index in [1.54, 1.807) is 7.11 Å². The van der Waals surface area contributed by atoms with Crippen molar-refractivity contribution >= 4 is 11.8 Å². The van der Waals surface area contributed by atoms with Crippen LogP contribution >= 0.6 is 11.8 Å². The first-order valence-electron chi connectivity index (χ1n) is 13.1. The first-order chi connectivity index (χ1) is 16.8. The largest absolute Gasteiger partial charge is 0.497 e. The fourth-order valence-corrected chi connectivity index (χ4v) is 6.62. The van der Waals surface area contributed by atoms with Gasteiger partial charge in [-0.15, -0.1) is 10.2 Å². The Morgan fingerprint density at radius 2 is 1.85 bits per heavy atom. The molecule has 0 bridgehead atoms. The molecule has 2 saturated heterocycles. The van der Waals surface area contributed by atoms with Gasteiger partial charge in [0.1, 0.15) is 11.6 Å². The molecule has 2 aromatic rings. The van der Waals surface area contributed by atoms with Crippen molar-refractivity contribution in [3.8, 4) is 11.4 Å². The summed E-state index contributed by atoms with van der Waals surface area (Å²) < 4.78 is 7.84. The van der Waals surface area contributed by atoms with E-state index in [1.165, 1.54) is 51.7 Å². The van der Waals surface area contributed by atoms with Gasteiger partial charge in [0, 0.05) is 30.8 Å². The number of ether oxygens (including phenoxy) is 1. The molecular formula is C27H39N5OS. The zero-order chi connectivity index (χ0) is 23.2. The van der Waals surface area contributed by atoms with E-state index in [0.29, 0.717) is 5.92 Å². The van der Waals surface area contributed by atoms with Crippen molar-refractivity contribution in [1.29, 1.82) is 0 Å². The van der Waals surface area contributed by atoms with Crippen LogP contribution in [0.15, 0.2) is 41.6 Å². The van der Waals surface area contributed by atoms with Crippen LogP contribution in [-0.4, -0.2) is 76.7 Å². The molecule has 7 heteroatoms. The van der Waals surface area contributed by atoms with Gasteiger partial charge in [-0.25, -0.2) is 0 Å². The van der Waals surface area contributed by atoms with Crippen LogP contribution in [0.2, 0.25) is 0 Å². The Balaban J connectivity index is 1.29. The van der Waals surface area contributed by atoms with Crippen molar-refractivity contribution in [3.05, 3.63) is 42.2 Å². The van der Waals surface area contributed by atoms with E-state index in [-0.39, 0.29) is 0 Å². The fraction of sp³-hybridized carbons (Fsp3) is 0.630. The molecule has 5 rings (SSSR count). The quantitative estimate of drug-likeness (QED) is 0.371. The number of thioether (sulfide) groups is 1. The lowest BCUT2D eigenvalue weighted by Crippen LogP contribution is -2.37. The Morgan fingerprint density at radius 3 is 2.62 bits per heavy atom. The minimum absolute atomic E-state index is 0.453. The summed E-state index contributed by atoms with van der Waals surface area (Å²) in [6.07, 6.45) is 13.6. The summed E-state index contributed by atoms with van der Waals surface area (Å²) in [4.78, 5) is 5.25. The number of piperidine rings is 1. The van der Waals surface area contributed by atoms with E-state index in [1.807, 2.05) is 17.8 Å². The molecule has 1 aliphatic carbocycles. The van der Waals surface area contributed by atoms with E-state index in [2.05, 4.69) is 44.7 Å². The molecule has 0 unspecified atom stereocenters. The van der Waals surface area contributed by atoms with Gasteiger partial charge in [-0.05, 0) is 89.2 Å². The van der Waals surface area contributed by atoms with Crippen LogP contribution in [0.5, 0.6) is 5.75 Å². The summed E-state index contributed by atoms with van der Waals surface area (Å²) in [5.41, 5.74) is 1.11. The van der Waals surface area contributed by atoms with Crippen molar-refractivity contribution in [2.24, 2.45) is 5.92 Å². The van der Waals surface area contributed by atoms with Gasteiger partial charge in [0.25, 0.3) is 0 Å². The predicted octanol–water partition coefficient (Wildman–Crippen LogP) is 5.00. The van der Waals surface area contributed by atoms with Gasteiger partial charge in [0.05, 0.1) is 12.8 Å². The normalized spacial score (nSPS) is 22.4. The monoisotopic (exact) mass is 481 g/mol. The molecule has 3 aliphatic rings. The number of likely N-dealkylation sites (tertiary alicyclic amines) is 2. The molecule has 2 fully saturated rings. The molecule has 3 heterocycles. The first-order valence-corrected chi connectivity index (χ1v) is 14.1. The number of rotatable bonds is 9. The SMILES string of the molecule is COc1cccc(-n2c(SCCN3CCCC3)nnc2C2CCN(C[C@@H]3CC=CCC3)CC2)c1. The maximum absolute atomic E-state index is 5.53. The molecule has 1 aromatic carbocycles. The Hall–Kier alpha value is -1.83. The van der Waals surface area contributed by atoms with E-state index >= 15 is 0 Å². The number of aromatic nitrogens is 3. The third-order valence-corrected chi connectivity index (χ3v) is 8.56. The van der Waals surface area contributed by atoms with E-state index in [9.17, 15) is 0 Å². The van der Waals surface area contributed by atoms with Crippen LogP contribution in [0.4, 0.5) is 0 Å². The van der Waals surface area contributed by atoms with Gasteiger partial charge in [-0.3, -0.25) is 4.57 Å². The molecule has 0 saturated carbocycles. The van der Waals surface area contributed by atoms with E-state index in [4.69, 9.17) is 14.9 Å². The van der Waals surface area contributed by atoms with Crippen molar-refractivity contribution < 1.29 is 4.74 Å². The minimum Gasteiger partial charge on any atom is -0.497 e. The summed E-state index contributed by atoms with van der Waals surface area (Å²) >= 11 is 1.84. The number of nitrogens with zero attached hydrogens (tertiary/aromatic N) is 5.